The van der Waals surface area contributed by atoms with Gasteiger partial charge in [-0.1, -0.05) is 12.1 Å². The van der Waals surface area contributed by atoms with Crippen LogP contribution < -0.4 is 10.1 Å². The van der Waals surface area contributed by atoms with Crippen molar-refractivity contribution in [3.8, 4) is 11.5 Å². The van der Waals surface area contributed by atoms with Gasteiger partial charge in [0.15, 0.2) is 0 Å². The van der Waals surface area contributed by atoms with E-state index in [9.17, 15) is 5.11 Å². The van der Waals surface area contributed by atoms with Crippen molar-refractivity contribution in [3.05, 3.63) is 51.5 Å². The number of hydrogen-bond acceptors (Lipinski definition) is 3. The van der Waals surface area contributed by atoms with Crippen molar-refractivity contribution < 1.29 is 9.84 Å². The van der Waals surface area contributed by atoms with Crippen LogP contribution >= 0.6 is 15.9 Å². The van der Waals surface area contributed by atoms with Crippen molar-refractivity contribution in [1.82, 2.24) is 0 Å². The third kappa shape index (κ3) is 3.07. The Kier molecular flexibility index (Phi) is 4.55. The Balaban J connectivity index is 2.13. The molecule has 0 unspecified atom stereocenters. The van der Waals surface area contributed by atoms with E-state index >= 15 is 0 Å². The van der Waals surface area contributed by atoms with Crippen molar-refractivity contribution in [2.75, 3.05) is 12.4 Å². The zero-order chi connectivity index (χ0) is 14.7. The Morgan fingerprint density at radius 2 is 1.95 bits per heavy atom. The lowest BCUT2D eigenvalue weighted by molar-refractivity contribution is 0.412. The fraction of sp³-hybridized carbons (Fsp3) is 0.250. The maximum Gasteiger partial charge on any atom is 0.133 e. The molecule has 3 nitrogen and oxygen atoms in total. The largest absolute Gasteiger partial charge is 0.507 e. The van der Waals surface area contributed by atoms with E-state index < -0.39 is 0 Å². The van der Waals surface area contributed by atoms with E-state index in [1.165, 1.54) is 0 Å². The van der Waals surface area contributed by atoms with Crippen molar-refractivity contribution in [3.63, 3.8) is 0 Å². The highest BCUT2D eigenvalue weighted by molar-refractivity contribution is 9.10. The molecule has 0 atom stereocenters. The van der Waals surface area contributed by atoms with E-state index in [0.29, 0.717) is 12.3 Å². The second kappa shape index (κ2) is 6.18. The van der Waals surface area contributed by atoms with Crippen molar-refractivity contribution in [2.24, 2.45) is 0 Å². The summed E-state index contributed by atoms with van der Waals surface area (Å²) in [6.07, 6.45) is 0. The minimum absolute atomic E-state index is 0.353. The number of phenolic OH excluding ortho intramolecular Hbond substituents is 1. The summed E-state index contributed by atoms with van der Waals surface area (Å²) in [6, 6.07) is 9.87. The molecule has 2 aromatic carbocycles. The molecule has 0 aliphatic heterocycles. The number of anilines is 1. The molecule has 4 heteroatoms. The predicted octanol–water partition coefficient (Wildman–Crippen LogP) is 4.39. The van der Waals surface area contributed by atoms with E-state index in [1.807, 2.05) is 44.2 Å². The summed E-state index contributed by atoms with van der Waals surface area (Å²) >= 11 is 3.48. The van der Waals surface area contributed by atoms with Gasteiger partial charge in [0.05, 0.1) is 11.6 Å². The first kappa shape index (κ1) is 14.7. The van der Waals surface area contributed by atoms with Crippen LogP contribution in [0.4, 0.5) is 5.69 Å². The van der Waals surface area contributed by atoms with Gasteiger partial charge in [-0.2, -0.15) is 0 Å². The highest BCUT2D eigenvalue weighted by Gasteiger charge is 2.06. The maximum absolute atomic E-state index is 9.93. The molecule has 2 aromatic rings. The lowest BCUT2D eigenvalue weighted by Crippen LogP contribution is -2.01. The van der Waals surface area contributed by atoms with Gasteiger partial charge in [0.2, 0.25) is 0 Å². The Hall–Kier alpha value is -1.68. The van der Waals surface area contributed by atoms with E-state index in [4.69, 9.17) is 4.74 Å². The second-order valence-electron chi connectivity index (χ2n) is 4.73. The molecule has 0 bridgehead atoms. The maximum atomic E-state index is 9.93. The Bertz CT molecular complexity index is 626. The van der Waals surface area contributed by atoms with Crippen LogP contribution in [0.2, 0.25) is 0 Å². The quantitative estimate of drug-likeness (QED) is 0.870. The monoisotopic (exact) mass is 335 g/mol. The summed E-state index contributed by atoms with van der Waals surface area (Å²) in [5.41, 5.74) is 3.84. The molecule has 0 radical (unpaired) electrons. The Morgan fingerprint density at radius 3 is 2.60 bits per heavy atom. The second-order valence-corrected chi connectivity index (χ2v) is 5.58. The molecule has 0 spiro atoms. The molecular formula is C16H18BrNO2. The predicted molar refractivity (Wildman–Crippen MR) is 85.6 cm³/mol. The standard InChI is InChI=1S/C16H18BrNO2/c1-10-4-6-14(11(2)16(10)19)18-9-12-5-7-15(20-3)13(17)8-12/h4-8,18-19H,9H2,1-3H3. The molecule has 0 aliphatic rings. The number of phenols is 1. The first-order valence-electron chi connectivity index (χ1n) is 6.38. The number of hydrogen-bond donors (Lipinski definition) is 2. The Morgan fingerprint density at radius 1 is 1.20 bits per heavy atom. The zero-order valence-electron chi connectivity index (χ0n) is 11.8. The van der Waals surface area contributed by atoms with Crippen LogP contribution in [0.3, 0.4) is 0 Å². The molecule has 2 N–H and O–H groups in total. The fourth-order valence-electron chi connectivity index (χ4n) is 2.04. The molecule has 0 aromatic heterocycles. The summed E-state index contributed by atoms with van der Waals surface area (Å²) in [4.78, 5) is 0. The molecule has 20 heavy (non-hydrogen) atoms. The SMILES string of the molecule is COc1ccc(CNc2ccc(C)c(O)c2C)cc1Br. The van der Waals surface area contributed by atoms with Crippen molar-refractivity contribution in [1.29, 1.82) is 0 Å². The van der Waals surface area contributed by atoms with Gasteiger partial charge in [-0.25, -0.2) is 0 Å². The van der Waals surface area contributed by atoms with Gasteiger partial charge in [-0.3, -0.25) is 0 Å². The number of ether oxygens (including phenoxy) is 1. The third-order valence-electron chi connectivity index (χ3n) is 3.33. The average Bonchev–Trinajstić information content (AvgIpc) is 2.44. The summed E-state index contributed by atoms with van der Waals surface area (Å²) in [6.45, 7) is 4.49. The number of halogens is 1. The van der Waals surface area contributed by atoms with Gasteiger partial charge in [-0.05, 0) is 59.1 Å². The number of rotatable bonds is 4. The number of aromatic hydroxyl groups is 1. The van der Waals surface area contributed by atoms with E-state index in [1.54, 1.807) is 7.11 Å². The van der Waals surface area contributed by atoms with Crippen LogP contribution in [0.25, 0.3) is 0 Å². The van der Waals surface area contributed by atoms with Gasteiger partial charge in [0.25, 0.3) is 0 Å². The molecular weight excluding hydrogens is 318 g/mol. The lowest BCUT2D eigenvalue weighted by Gasteiger charge is -2.13. The summed E-state index contributed by atoms with van der Waals surface area (Å²) in [7, 11) is 1.65. The molecule has 0 aliphatic carbocycles. The fourth-order valence-corrected chi connectivity index (χ4v) is 2.63. The normalized spacial score (nSPS) is 10.4. The first-order valence-corrected chi connectivity index (χ1v) is 7.17. The van der Waals surface area contributed by atoms with Crippen molar-refractivity contribution in [2.45, 2.75) is 20.4 Å². The van der Waals surface area contributed by atoms with Crippen LogP contribution in [0, 0.1) is 13.8 Å². The smallest absolute Gasteiger partial charge is 0.133 e. The third-order valence-corrected chi connectivity index (χ3v) is 3.95. The summed E-state index contributed by atoms with van der Waals surface area (Å²) < 4.78 is 6.14. The highest BCUT2D eigenvalue weighted by atomic mass is 79.9. The average molecular weight is 336 g/mol. The van der Waals surface area contributed by atoms with Crippen LogP contribution in [0.15, 0.2) is 34.8 Å². The van der Waals surface area contributed by atoms with E-state index in [0.717, 1.165) is 32.6 Å². The van der Waals surface area contributed by atoms with Gasteiger partial charge in [0.1, 0.15) is 11.5 Å². The Labute approximate surface area is 127 Å². The first-order chi connectivity index (χ1) is 9.52. The molecule has 106 valence electrons. The lowest BCUT2D eigenvalue weighted by atomic mass is 10.1. The number of nitrogens with one attached hydrogen (secondary N) is 1. The minimum Gasteiger partial charge on any atom is -0.507 e. The highest BCUT2D eigenvalue weighted by Crippen LogP contribution is 2.29. The molecule has 0 saturated heterocycles. The molecule has 0 fully saturated rings. The number of benzene rings is 2. The van der Waals surface area contributed by atoms with Gasteiger partial charge in [0, 0.05) is 17.8 Å². The minimum atomic E-state index is 0.353. The van der Waals surface area contributed by atoms with Crippen LogP contribution in [0.1, 0.15) is 16.7 Å². The zero-order valence-corrected chi connectivity index (χ0v) is 13.4. The van der Waals surface area contributed by atoms with E-state index in [2.05, 4.69) is 21.2 Å². The molecule has 0 heterocycles. The molecule has 2 rings (SSSR count). The topological polar surface area (TPSA) is 41.5 Å². The summed E-state index contributed by atoms with van der Waals surface area (Å²) in [5, 5.41) is 13.3. The van der Waals surface area contributed by atoms with Crippen LogP contribution in [-0.2, 0) is 6.54 Å². The van der Waals surface area contributed by atoms with Gasteiger partial charge < -0.3 is 15.2 Å². The summed E-state index contributed by atoms with van der Waals surface area (Å²) in [5.74, 6) is 1.17. The van der Waals surface area contributed by atoms with E-state index in [-0.39, 0.29) is 0 Å². The van der Waals surface area contributed by atoms with Gasteiger partial charge in [-0.15, -0.1) is 0 Å². The van der Waals surface area contributed by atoms with Crippen LogP contribution in [0.5, 0.6) is 11.5 Å². The van der Waals surface area contributed by atoms with Crippen molar-refractivity contribution >= 4 is 21.6 Å². The number of methoxy groups -OCH3 is 1. The molecule has 0 saturated carbocycles. The molecule has 0 amide bonds. The number of aryl methyl sites for hydroxylation is 1. The van der Waals surface area contributed by atoms with Gasteiger partial charge >= 0.3 is 0 Å². The van der Waals surface area contributed by atoms with Crippen LogP contribution in [-0.4, -0.2) is 12.2 Å².